The van der Waals surface area contributed by atoms with Gasteiger partial charge in [-0.05, 0) is 37.8 Å². The monoisotopic (exact) mass is 398 g/mol. The van der Waals surface area contributed by atoms with Gasteiger partial charge in [0, 0.05) is 32.1 Å². The predicted molar refractivity (Wildman–Crippen MR) is 94.8 cm³/mol. The van der Waals surface area contributed by atoms with Gasteiger partial charge >= 0.3 is 5.97 Å². The van der Waals surface area contributed by atoms with Crippen LogP contribution in [-0.4, -0.2) is 60.8 Å². The third-order valence-corrected chi connectivity index (χ3v) is 7.35. The fourth-order valence-corrected chi connectivity index (χ4v) is 5.28. The molecule has 1 N–H and O–H groups in total. The van der Waals surface area contributed by atoms with Crippen molar-refractivity contribution in [1.29, 1.82) is 0 Å². The van der Waals surface area contributed by atoms with E-state index in [0.717, 1.165) is 6.07 Å². The summed E-state index contributed by atoms with van der Waals surface area (Å²) in [5.74, 6) is -2.33. The SMILES string of the molecule is O=C(O)C1CCN(C(=O)C2CCN(S(=O)(=O)c3ccccc3F)CC2)CC1. The van der Waals surface area contributed by atoms with Gasteiger partial charge in [-0.2, -0.15) is 4.31 Å². The van der Waals surface area contributed by atoms with Gasteiger partial charge in [-0.25, -0.2) is 12.8 Å². The van der Waals surface area contributed by atoms with Crippen molar-refractivity contribution in [2.75, 3.05) is 26.2 Å². The normalized spacial score (nSPS) is 20.6. The number of hydrogen-bond donors (Lipinski definition) is 1. The van der Waals surface area contributed by atoms with Crippen LogP contribution in [0.4, 0.5) is 4.39 Å². The molecule has 1 aromatic carbocycles. The molecule has 3 rings (SSSR count). The summed E-state index contributed by atoms with van der Waals surface area (Å²) < 4.78 is 40.3. The quantitative estimate of drug-likeness (QED) is 0.830. The van der Waals surface area contributed by atoms with Crippen molar-refractivity contribution >= 4 is 21.9 Å². The minimum absolute atomic E-state index is 0.0400. The number of rotatable bonds is 4. The van der Waals surface area contributed by atoms with Gasteiger partial charge in [0.25, 0.3) is 0 Å². The van der Waals surface area contributed by atoms with Crippen LogP contribution in [0.5, 0.6) is 0 Å². The van der Waals surface area contributed by atoms with Crippen LogP contribution in [0, 0.1) is 17.7 Å². The number of amides is 1. The van der Waals surface area contributed by atoms with Crippen LogP contribution in [0.1, 0.15) is 25.7 Å². The van der Waals surface area contributed by atoms with E-state index in [1.807, 2.05) is 0 Å². The number of carbonyl (C=O) groups excluding carboxylic acids is 1. The molecule has 0 unspecified atom stereocenters. The molecular weight excluding hydrogens is 375 g/mol. The molecule has 27 heavy (non-hydrogen) atoms. The molecule has 0 aromatic heterocycles. The fourth-order valence-electron chi connectivity index (χ4n) is 3.74. The van der Waals surface area contributed by atoms with E-state index in [9.17, 15) is 22.4 Å². The number of benzene rings is 1. The molecular formula is C18H23FN2O5S. The summed E-state index contributed by atoms with van der Waals surface area (Å²) in [6, 6.07) is 5.28. The van der Waals surface area contributed by atoms with E-state index in [4.69, 9.17) is 5.11 Å². The number of hydrogen-bond acceptors (Lipinski definition) is 4. The minimum Gasteiger partial charge on any atom is -0.481 e. The van der Waals surface area contributed by atoms with Crippen molar-refractivity contribution in [2.24, 2.45) is 11.8 Å². The van der Waals surface area contributed by atoms with Crippen LogP contribution in [0.3, 0.4) is 0 Å². The third-order valence-electron chi connectivity index (χ3n) is 5.41. The summed E-state index contributed by atoms with van der Waals surface area (Å²) in [4.78, 5) is 25.0. The number of piperidine rings is 2. The zero-order chi connectivity index (χ0) is 19.6. The van der Waals surface area contributed by atoms with Crippen molar-refractivity contribution in [1.82, 2.24) is 9.21 Å². The maximum absolute atomic E-state index is 13.9. The van der Waals surface area contributed by atoms with Gasteiger partial charge in [-0.15, -0.1) is 0 Å². The zero-order valence-electron chi connectivity index (χ0n) is 14.9. The fraction of sp³-hybridized carbons (Fsp3) is 0.556. The average Bonchev–Trinajstić information content (AvgIpc) is 2.68. The molecule has 0 aliphatic carbocycles. The first-order valence-corrected chi connectivity index (χ1v) is 10.5. The molecule has 9 heteroatoms. The molecule has 1 aromatic rings. The van der Waals surface area contributed by atoms with Crippen molar-refractivity contribution in [3.05, 3.63) is 30.1 Å². The Labute approximate surface area is 157 Å². The van der Waals surface area contributed by atoms with Crippen molar-refractivity contribution in [3.8, 4) is 0 Å². The minimum atomic E-state index is -3.92. The first-order chi connectivity index (χ1) is 12.8. The van der Waals surface area contributed by atoms with Gasteiger partial charge in [0.1, 0.15) is 10.7 Å². The highest BCUT2D eigenvalue weighted by Crippen LogP contribution is 2.27. The maximum atomic E-state index is 13.9. The number of carboxylic acid groups (broad SMARTS) is 1. The Kier molecular flexibility index (Phi) is 5.81. The molecule has 2 aliphatic heterocycles. The van der Waals surface area contributed by atoms with E-state index in [0.29, 0.717) is 38.8 Å². The lowest BCUT2D eigenvalue weighted by Gasteiger charge is -2.36. The lowest BCUT2D eigenvalue weighted by molar-refractivity contribution is -0.147. The number of nitrogens with zero attached hydrogens (tertiary/aromatic N) is 2. The molecule has 1 amide bonds. The van der Waals surface area contributed by atoms with E-state index in [-0.39, 0.29) is 29.8 Å². The second kappa shape index (κ2) is 7.93. The number of carboxylic acids is 1. The Bertz CT molecular complexity index is 813. The molecule has 2 saturated heterocycles. The summed E-state index contributed by atoms with van der Waals surface area (Å²) >= 11 is 0. The Morgan fingerprint density at radius 1 is 0.963 bits per heavy atom. The number of likely N-dealkylation sites (tertiary alicyclic amines) is 1. The second-order valence-corrected chi connectivity index (χ2v) is 8.95. The van der Waals surface area contributed by atoms with Crippen molar-refractivity contribution in [3.63, 3.8) is 0 Å². The van der Waals surface area contributed by atoms with Gasteiger partial charge in [-0.1, -0.05) is 12.1 Å². The van der Waals surface area contributed by atoms with E-state index < -0.39 is 27.7 Å². The Hall–Kier alpha value is -2.00. The van der Waals surface area contributed by atoms with Gasteiger partial charge in [0.2, 0.25) is 15.9 Å². The molecule has 2 heterocycles. The summed E-state index contributed by atoms with van der Waals surface area (Å²) in [7, 11) is -3.92. The van der Waals surface area contributed by atoms with Crippen molar-refractivity contribution in [2.45, 2.75) is 30.6 Å². The summed E-state index contributed by atoms with van der Waals surface area (Å²) in [6.07, 6.45) is 1.65. The topological polar surface area (TPSA) is 95.0 Å². The van der Waals surface area contributed by atoms with Gasteiger partial charge < -0.3 is 10.0 Å². The molecule has 0 spiro atoms. The largest absolute Gasteiger partial charge is 0.481 e. The average molecular weight is 398 g/mol. The van der Waals surface area contributed by atoms with E-state index >= 15 is 0 Å². The van der Waals surface area contributed by atoms with E-state index in [2.05, 4.69) is 0 Å². The smallest absolute Gasteiger partial charge is 0.306 e. The van der Waals surface area contributed by atoms with E-state index in [1.54, 1.807) is 4.90 Å². The molecule has 2 aliphatic rings. The lowest BCUT2D eigenvalue weighted by Crippen LogP contribution is -2.47. The molecule has 0 atom stereocenters. The van der Waals surface area contributed by atoms with E-state index in [1.165, 1.54) is 22.5 Å². The summed E-state index contributed by atoms with van der Waals surface area (Å²) in [5.41, 5.74) is 0. The van der Waals surface area contributed by atoms with Gasteiger partial charge in [0.05, 0.1) is 5.92 Å². The second-order valence-electron chi connectivity index (χ2n) is 7.05. The van der Waals surface area contributed by atoms with Crippen LogP contribution in [0.15, 0.2) is 29.2 Å². The van der Waals surface area contributed by atoms with Gasteiger partial charge in [0.15, 0.2) is 0 Å². The summed E-state index contributed by atoms with van der Waals surface area (Å²) in [5, 5.41) is 9.04. The first-order valence-electron chi connectivity index (χ1n) is 9.07. The summed E-state index contributed by atoms with van der Waals surface area (Å²) in [6.45, 7) is 1.17. The third kappa shape index (κ3) is 4.14. The molecule has 0 bridgehead atoms. The highest BCUT2D eigenvalue weighted by Gasteiger charge is 2.36. The van der Waals surface area contributed by atoms with Crippen LogP contribution >= 0.6 is 0 Å². The van der Waals surface area contributed by atoms with Gasteiger partial charge in [-0.3, -0.25) is 9.59 Å². The highest BCUT2D eigenvalue weighted by molar-refractivity contribution is 7.89. The zero-order valence-corrected chi connectivity index (χ0v) is 15.7. The molecule has 7 nitrogen and oxygen atoms in total. The van der Waals surface area contributed by atoms with Crippen LogP contribution in [-0.2, 0) is 19.6 Å². The van der Waals surface area contributed by atoms with Crippen LogP contribution in [0.2, 0.25) is 0 Å². The van der Waals surface area contributed by atoms with Crippen LogP contribution in [0.25, 0.3) is 0 Å². The maximum Gasteiger partial charge on any atom is 0.306 e. The number of sulfonamides is 1. The first kappa shape index (κ1) is 19.8. The molecule has 148 valence electrons. The molecule has 2 fully saturated rings. The predicted octanol–water partition coefficient (Wildman–Crippen LogP) is 1.55. The number of halogens is 1. The van der Waals surface area contributed by atoms with Crippen molar-refractivity contribution < 1.29 is 27.5 Å². The Morgan fingerprint density at radius 3 is 2.07 bits per heavy atom. The molecule has 0 saturated carbocycles. The number of carbonyl (C=O) groups is 2. The Balaban J connectivity index is 1.58. The Morgan fingerprint density at radius 2 is 1.52 bits per heavy atom. The standard InChI is InChI=1S/C18H23FN2O5S/c19-15-3-1-2-4-16(15)27(25,26)21-11-7-13(8-12-21)17(22)20-9-5-14(6-10-20)18(23)24/h1-4,13-14H,5-12H2,(H,23,24). The lowest BCUT2D eigenvalue weighted by atomic mass is 9.93. The number of aliphatic carboxylic acids is 1. The highest BCUT2D eigenvalue weighted by atomic mass is 32.2. The molecule has 0 radical (unpaired) electrons. The van der Waals surface area contributed by atoms with Crippen LogP contribution < -0.4 is 0 Å².